The zero-order valence-corrected chi connectivity index (χ0v) is 33.1. The van der Waals surface area contributed by atoms with E-state index in [4.69, 9.17) is 0 Å². The van der Waals surface area contributed by atoms with Crippen LogP contribution in [-0.4, -0.2) is 25.5 Å². The Hall–Kier alpha value is -1.98. The number of phenols is 5. The van der Waals surface area contributed by atoms with E-state index in [0.29, 0.717) is 25.7 Å². The monoisotopic (exact) mass is 1050 g/mol. The quantitative estimate of drug-likeness (QED) is 0.0998. The molecule has 0 saturated carbocycles. The number of hydrogen-bond acceptors (Lipinski definition) is 5. The van der Waals surface area contributed by atoms with Gasteiger partial charge in [0.2, 0.25) is 0 Å². The molecule has 0 unspecified atom stereocenters. The Labute approximate surface area is 317 Å². The van der Waals surface area contributed by atoms with Crippen molar-refractivity contribution in [3.63, 3.8) is 0 Å². The van der Waals surface area contributed by atoms with Crippen molar-refractivity contribution in [2.75, 3.05) is 0 Å². The van der Waals surface area contributed by atoms with Gasteiger partial charge < -0.3 is 25.5 Å². The second kappa shape index (κ2) is 14.4. The van der Waals surface area contributed by atoms with Crippen LogP contribution in [0.4, 0.5) is 0 Å². The third kappa shape index (κ3) is 8.12. The summed E-state index contributed by atoms with van der Waals surface area (Å²) < 4.78 is 3.07. The molecule has 5 N–H and O–H groups in total. The van der Waals surface area contributed by atoms with E-state index in [9.17, 15) is 25.5 Å². The van der Waals surface area contributed by atoms with Gasteiger partial charge in [-0.2, -0.15) is 0 Å². The molecule has 0 heterocycles. The predicted molar refractivity (Wildman–Crippen MR) is 212 cm³/mol. The highest BCUT2D eigenvalue weighted by Gasteiger charge is 2.16. The molecular formula is C36H30I4O5. The number of rotatable bonds is 8. The van der Waals surface area contributed by atoms with Gasteiger partial charge in [-0.1, -0.05) is 42.0 Å². The lowest BCUT2D eigenvalue weighted by Crippen LogP contribution is -2.00. The van der Waals surface area contributed by atoms with Gasteiger partial charge in [-0.25, -0.2) is 0 Å². The summed E-state index contributed by atoms with van der Waals surface area (Å²) in [6, 6.07) is 21.2. The Balaban J connectivity index is 1.41. The Morgan fingerprint density at radius 3 is 1.33 bits per heavy atom. The van der Waals surface area contributed by atoms with Crippen molar-refractivity contribution in [1.29, 1.82) is 0 Å². The van der Waals surface area contributed by atoms with Crippen LogP contribution in [0, 0.1) is 28.1 Å². The second-order valence-corrected chi connectivity index (χ2v) is 16.0. The number of phenolic OH excluding ortho intramolecular Hbond substituents is 5. The van der Waals surface area contributed by atoms with Crippen molar-refractivity contribution in [1.82, 2.24) is 0 Å². The highest BCUT2D eigenvalue weighted by atomic mass is 127. The molecule has 9 heteroatoms. The smallest absolute Gasteiger partial charge is 0.142 e. The lowest BCUT2D eigenvalue weighted by atomic mass is 9.92. The summed E-state index contributed by atoms with van der Waals surface area (Å²) in [5, 5.41) is 53.3. The molecule has 0 aliphatic carbocycles. The number of halogens is 4. The number of aromatic hydroxyl groups is 5. The molecule has 232 valence electrons. The van der Waals surface area contributed by atoms with Crippen LogP contribution in [0.5, 0.6) is 28.7 Å². The first-order chi connectivity index (χ1) is 21.3. The molecule has 5 nitrogen and oxygen atoms in total. The van der Waals surface area contributed by atoms with Gasteiger partial charge in [-0.15, -0.1) is 0 Å². The zero-order valence-electron chi connectivity index (χ0n) is 24.4. The maximum absolute atomic E-state index is 11.4. The summed E-state index contributed by atoms with van der Waals surface area (Å²) >= 11 is 8.46. The average Bonchev–Trinajstić information content (AvgIpc) is 2.97. The first-order valence-electron chi connectivity index (χ1n) is 14.1. The lowest BCUT2D eigenvalue weighted by molar-refractivity contribution is 0.462. The predicted octanol–water partition coefficient (Wildman–Crippen LogP) is 9.61. The summed E-state index contributed by atoms with van der Waals surface area (Å²) in [6.45, 7) is 3.90. The standard InChI is InChI=1S/C36H30I4O5/c1-18-5-25(9-20-3-4-32(41)24(8-20)10-22-14-28(37)35(44)29(38)15-22)34(43)26(6-18)11-21-7-19(2)33(42)27(12-21)13-23-16-30(39)36(45)31(40)17-23/h3-8,12,14-17,41-45H,9-11,13H2,1-2H3. The molecule has 0 fully saturated rings. The van der Waals surface area contributed by atoms with Crippen LogP contribution < -0.4 is 0 Å². The van der Waals surface area contributed by atoms with Crippen LogP contribution in [-0.2, 0) is 25.7 Å². The van der Waals surface area contributed by atoms with Gasteiger partial charge in [0.25, 0.3) is 0 Å². The van der Waals surface area contributed by atoms with Crippen molar-refractivity contribution < 1.29 is 25.5 Å². The third-order valence-corrected chi connectivity index (χ3v) is 11.0. The molecule has 0 radical (unpaired) electrons. The molecule has 0 aromatic heterocycles. The molecule has 0 spiro atoms. The first kappa shape index (κ1) is 34.4. The zero-order chi connectivity index (χ0) is 32.6. The lowest BCUT2D eigenvalue weighted by Gasteiger charge is -2.15. The third-order valence-electron chi connectivity index (χ3n) is 7.73. The fourth-order valence-electron chi connectivity index (χ4n) is 5.58. The van der Waals surface area contributed by atoms with Gasteiger partial charge in [-0.3, -0.25) is 0 Å². The summed E-state index contributed by atoms with van der Waals surface area (Å²) in [5.41, 5.74) is 8.94. The summed E-state index contributed by atoms with van der Waals surface area (Å²) in [6.07, 6.45) is 2.03. The van der Waals surface area contributed by atoms with Crippen molar-refractivity contribution in [2.45, 2.75) is 39.5 Å². The Morgan fingerprint density at radius 1 is 0.422 bits per heavy atom. The SMILES string of the molecule is Cc1cc(Cc2ccc(O)c(Cc3cc(I)c(O)c(I)c3)c2)c(O)c(Cc2cc(C)c(O)c(Cc3cc(I)c(O)c(I)c3)c2)c1. The van der Waals surface area contributed by atoms with Gasteiger partial charge in [0.15, 0.2) is 0 Å². The highest BCUT2D eigenvalue weighted by molar-refractivity contribution is 14.1. The largest absolute Gasteiger partial charge is 0.508 e. The molecule has 5 aromatic carbocycles. The van der Waals surface area contributed by atoms with Crippen LogP contribution in [0.15, 0.2) is 66.7 Å². The van der Waals surface area contributed by atoms with Crippen molar-refractivity contribution >= 4 is 90.4 Å². The van der Waals surface area contributed by atoms with Gasteiger partial charge in [0, 0.05) is 25.7 Å². The minimum absolute atomic E-state index is 0.209. The summed E-state index contributed by atoms with van der Waals surface area (Å²) in [5.74, 6) is 1.24. The molecule has 0 saturated heterocycles. The average molecular weight is 1050 g/mol. The Morgan fingerprint density at radius 2 is 0.822 bits per heavy atom. The number of benzene rings is 5. The van der Waals surface area contributed by atoms with Gasteiger partial charge in [0.1, 0.15) is 28.7 Å². The van der Waals surface area contributed by atoms with E-state index in [2.05, 4.69) is 90.4 Å². The fraction of sp³-hybridized carbons (Fsp3) is 0.167. The molecule has 0 atom stereocenters. The topological polar surface area (TPSA) is 101 Å². The molecule has 5 aromatic rings. The van der Waals surface area contributed by atoms with E-state index in [1.807, 2.05) is 74.5 Å². The fourth-order valence-corrected chi connectivity index (χ4v) is 9.38. The van der Waals surface area contributed by atoms with Crippen LogP contribution in [0.25, 0.3) is 0 Å². The molecular weight excluding hydrogens is 1020 g/mol. The minimum Gasteiger partial charge on any atom is -0.508 e. The van der Waals surface area contributed by atoms with Gasteiger partial charge in [0.05, 0.1) is 14.3 Å². The molecule has 0 bridgehead atoms. The first-order valence-corrected chi connectivity index (χ1v) is 18.4. The van der Waals surface area contributed by atoms with Crippen LogP contribution in [0.3, 0.4) is 0 Å². The molecule has 0 aliphatic heterocycles. The molecule has 45 heavy (non-hydrogen) atoms. The summed E-state index contributed by atoms with van der Waals surface area (Å²) in [7, 11) is 0. The van der Waals surface area contributed by atoms with E-state index in [-0.39, 0.29) is 28.7 Å². The van der Waals surface area contributed by atoms with E-state index in [1.165, 1.54) is 0 Å². The Kier molecular flexibility index (Phi) is 11.0. The highest BCUT2D eigenvalue weighted by Crippen LogP contribution is 2.35. The Bertz CT molecular complexity index is 1890. The van der Waals surface area contributed by atoms with E-state index < -0.39 is 0 Å². The van der Waals surface area contributed by atoms with Gasteiger partial charge >= 0.3 is 0 Å². The molecule has 0 aliphatic rings. The molecule has 0 amide bonds. The molecule has 5 rings (SSSR count). The number of hydrogen-bond donors (Lipinski definition) is 5. The van der Waals surface area contributed by atoms with Crippen LogP contribution in [0.1, 0.15) is 55.6 Å². The van der Waals surface area contributed by atoms with E-state index in [1.54, 1.807) is 6.07 Å². The van der Waals surface area contributed by atoms with E-state index in [0.717, 1.165) is 69.9 Å². The van der Waals surface area contributed by atoms with Crippen molar-refractivity contribution in [2.24, 2.45) is 0 Å². The minimum atomic E-state index is 0.209. The van der Waals surface area contributed by atoms with Gasteiger partial charge in [-0.05, 0) is 185 Å². The van der Waals surface area contributed by atoms with E-state index >= 15 is 0 Å². The van der Waals surface area contributed by atoms with Crippen LogP contribution in [0.2, 0.25) is 0 Å². The van der Waals surface area contributed by atoms with Crippen molar-refractivity contribution in [3.05, 3.63) is 137 Å². The van der Waals surface area contributed by atoms with Crippen LogP contribution >= 0.6 is 90.4 Å². The number of aryl methyl sites for hydroxylation is 2. The summed E-state index contributed by atoms with van der Waals surface area (Å²) in [4.78, 5) is 0. The second-order valence-electron chi connectivity index (χ2n) is 11.3. The van der Waals surface area contributed by atoms with Crippen molar-refractivity contribution in [3.8, 4) is 28.7 Å². The normalized spacial score (nSPS) is 11.2. The maximum atomic E-state index is 11.4. The maximum Gasteiger partial charge on any atom is 0.142 e.